The molecule has 2 saturated heterocycles. The molecule has 1 atom stereocenters. The van der Waals surface area contributed by atoms with Crippen LogP contribution in [0, 0.1) is 0 Å². The Kier molecular flexibility index (Phi) is 7.63. The van der Waals surface area contributed by atoms with Crippen molar-refractivity contribution in [1.29, 1.82) is 0 Å². The fraction of sp³-hybridized carbons (Fsp3) is 0.941. The highest BCUT2D eigenvalue weighted by atomic mass is 16.2. The Morgan fingerprint density at radius 1 is 1.09 bits per heavy atom. The molecule has 2 rings (SSSR count). The van der Waals surface area contributed by atoms with Crippen molar-refractivity contribution >= 4 is 5.91 Å². The zero-order chi connectivity index (χ0) is 15.8. The molecule has 0 spiro atoms. The number of carbonyl (C=O) groups is 1. The van der Waals surface area contributed by atoms with Gasteiger partial charge < -0.3 is 10.0 Å². The predicted molar refractivity (Wildman–Crippen MR) is 88.8 cm³/mol. The Labute approximate surface area is 135 Å². The van der Waals surface area contributed by atoms with Crippen LogP contribution in [0.15, 0.2) is 0 Å². The van der Waals surface area contributed by atoms with Crippen LogP contribution < -0.4 is 0 Å². The van der Waals surface area contributed by atoms with Crippen LogP contribution in [0.4, 0.5) is 0 Å². The van der Waals surface area contributed by atoms with Crippen molar-refractivity contribution in [3.05, 3.63) is 0 Å². The fourth-order valence-corrected chi connectivity index (χ4v) is 3.67. The normalized spacial score (nSPS) is 24.6. The van der Waals surface area contributed by atoms with Crippen LogP contribution in [0.5, 0.6) is 0 Å². The standard InChI is InChI=1S/C17H33N3O2/c1-2-16-7-3-4-9-20(16)15-17(22)19-12-10-18(11-13-19)8-5-6-14-21/h16,21H,2-15H2,1H3/t16-/m1/s1. The SMILES string of the molecule is CC[C@@H]1CCCCN1CC(=O)N1CCN(CCCCO)CC1. The van der Waals surface area contributed by atoms with Gasteiger partial charge in [0, 0.05) is 38.8 Å². The van der Waals surface area contributed by atoms with E-state index >= 15 is 0 Å². The molecule has 0 aromatic carbocycles. The highest BCUT2D eigenvalue weighted by Crippen LogP contribution is 2.19. The molecule has 0 aromatic heterocycles. The van der Waals surface area contributed by atoms with E-state index in [1.807, 2.05) is 4.90 Å². The molecule has 2 aliphatic heterocycles. The topological polar surface area (TPSA) is 47.0 Å². The number of nitrogens with zero attached hydrogens (tertiary/aromatic N) is 3. The number of amides is 1. The first-order valence-electron chi connectivity index (χ1n) is 9.09. The summed E-state index contributed by atoms with van der Waals surface area (Å²) >= 11 is 0. The van der Waals surface area contributed by atoms with Crippen LogP contribution in [-0.2, 0) is 4.79 Å². The second-order valence-corrected chi connectivity index (χ2v) is 6.68. The van der Waals surface area contributed by atoms with Gasteiger partial charge in [-0.1, -0.05) is 13.3 Å². The zero-order valence-corrected chi connectivity index (χ0v) is 14.2. The molecule has 0 saturated carbocycles. The Morgan fingerprint density at radius 3 is 2.55 bits per heavy atom. The predicted octanol–water partition coefficient (Wildman–Crippen LogP) is 1.17. The number of piperidine rings is 1. The van der Waals surface area contributed by atoms with Gasteiger partial charge in [-0.05, 0) is 45.2 Å². The summed E-state index contributed by atoms with van der Waals surface area (Å²) in [6.07, 6.45) is 6.90. The molecule has 2 heterocycles. The minimum absolute atomic E-state index is 0.285. The van der Waals surface area contributed by atoms with Gasteiger partial charge in [-0.3, -0.25) is 14.6 Å². The second kappa shape index (κ2) is 9.48. The van der Waals surface area contributed by atoms with Crippen LogP contribution in [0.25, 0.3) is 0 Å². The van der Waals surface area contributed by atoms with Crippen LogP contribution in [0.3, 0.4) is 0 Å². The van der Waals surface area contributed by atoms with Gasteiger partial charge in [-0.25, -0.2) is 0 Å². The summed E-state index contributed by atoms with van der Waals surface area (Å²) in [5.74, 6) is 0.315. The Morgan fingerprint density at radius 2 is 1.86 bits per heavy atom. The number of unbranched alkanes of at least 4 members (excludes halogenated alkanes) is 1. The van der Waals surface area contributed by atoms with Crippen LogP contribution in [0.1, 0.15) is 45.4 Å². The zero-order valence-electron chi connectivity index (χ0n) is 14.2. The van der Waals surface area contributed by atoms with E-state index in [0.29, 0.717) is 18.5 Å². The van der Waals surface area contributed by atoms with E-state index in [1.54, 1.807) is 0 Å². The molecule has 1 amide bonds. The van der Waals surface area contributed by atoms with Gasteiger partial charge in [0.25, 0.3) is 0 Å². The van der Waals surface area contributed by atoms with Gasteiger partial charge in [0.1, 0.15) is 0 Å². The van der Waals surface area contributed by atoms with E-state index in [2.05, 4.69) is 16.7 Å². The monoisotopic (exact) mass is 311 g/mol. The van der Waals surface area contributed by atoms with Crippen LogP contribution in [0.2, 0.25) is 0 Å². The van der Waals surface area contributed by atoms with Crippen molar-refractivity contribution < 1.29 is 9.90 Å². The lowest BCUT2D eigenvalue weighted by Gasteiger charge is -2.38. The van der Waals surface area contributed by atoms with Crippen molar-refractivity contribution in [2.24, 2.45) is 0 Å². The first-order valence-corrected chi connectivity index (χ1v) is 9.09. The average Bonchev–Trinajstić information content (AvgIpc) is 2.56. The number of carbonyl (C=O) groups excluding carboxylic acids is 1. The first-order chi connectivity index (χ1) is 10.7. The summed E-state index contributed by atoms with van der Waals surface area (Å²) in [4.78, 5) is 19.4. The molecule has 22 heavy (non-hydrogen) atoms. The number of hydrogen-bond acceptors (Lipinski definition) is 4. The summed E-state index contributed by atoms with van der Waals surface area (Å²) in [7, 11) is 0. The van der Waals surface area contributed by atoms with Gasteiger partial charge in [-0.2, -0.15) is 0 Å². The molecule has 1 N–H and O–H groups in total. The first kappa shape index (κ1) is 17.7. The maximum atomic E-state index is 12.5. The van der Waals surface area contributed by atoms with Crippen molar-refractivity contribution in [3.8, 4) is 0 Å². The summed E-state index contributed by atoms with van der Waals surface area (Å²) < 4.78 is 0. The third kappa shape index (κ3) is 5.21. The number of likely N-dealkylation sites (tertiary alicyclic amines) is 1. The molecule has 0 radical (unpaired) electrons. The van der Waals surface area contributed by atoms with E-state index in [9.17, 15) is 4.79 Å². The minimum Gasteiger partial charge on any atom is -0.396 e. The largest absolute Gasteiger partial charge is 0.396 e. The molecule has 5 heteroatoms. The quantitative estimate of drug-likeness (QED) is 0.717. The van der Waals surface area contributed by atoms with E-state index in [4.69, 9.17) is 5.11 Å². The molecule has 0 aliphatic carbocycles. The molecule has 2 fully saturated rings. The minimum atomic E-state index is 0.285. The van der Waals surface area contributed by atoms with Crippen LogP contribution >= 0.6 is 0 Å². The molecule has 0 aromatic rings. The van der Waals surface area contributed by atoms with Crippen molar-refractivity contribution in [3.63, 3.8) is 0 Å². The van der Waals surface area contributed by atoms with Crippen molar-refractivity contribution in [1.82, 2.24) is 14.7 Å². The average molecular weight is 311 g/mol. The second-order valence-electron chi connectivity index (χ2n) is 6.68. The number of piperazine rings is 1. The molecular weight excluding hydrogens is 278 g/mol. The Balaban J connectivity index is 1.70. The Bertz CT molecular complexity index is 330. The summed E-state index contributed by atoms with van der Waals surface area (Å²) in [6, 6.07) is 0.609. The molecule has 0 unspecified atom stereocenters. The number of hydrogen-bond donors (Lipinski definition) is 1. The van der Waals surface area contributed by atoms with Crippen molar-refractivity contribution in [2.45, 2.75) is 51.5 Å². The highest BCUT2D eigenvalue weighted by molar-refractivity contribution is 5.78. The third-order valence-corrected chi connectivity index (χ3v) is 5.17. The molecule has 128 valence electrons. The molecule has 5 nitrogen and oxygen atoms in total. The smallest absolute Gasteiger partial charge is 0.236 e. The number of aliphatic hydroxyl groups is 1. The van der Waals surface area contributed by atoms with Gasteiger partial charge in [0.05, 0.1) is 6.54 Å². The summed E-state index contributed by atoms with van der Waals surface area (Å²) in [5, 5.41) is 8.83. The lowest BCUT2D eigenvalue weighted by atomic mass is 10.00. The van der Waals surface area contributed by atoms with E-state index in [0.717, 1.165) is 58.5 Å². The highest BCUT2D eigenvalue weighted by Gasteiger charge is 2.26. The van der Waals surface area contributed by atoms with Crippen LogP contribution in [-0.4, -0.2) is 84.2 Å². The van der Waals surface area contributed by atoms with E-state index in [-0.39, 0.29) is 6.61 Å². The maximum absolute atomic E-state index is 12.5. The summed E-state index contributed by atoms with van der Waals surface area (Å²) in [6.45, 7) is 8.96. The number of aliphatic hydroxyl groups excluding tert-OH is 1. The Hall–Kier alpha value is -0.650. The molecular formula is C17H33N3O2. The fourth-order valence-electron chi connectivity index (χ4n) is 3.67. The van der Waals surface area contributed by atoms with Gasteiger partial charge in [-0.15, -0.1) is 0 Å². The third-order valence-electron chi connectivity index (χ3n) is 5.17. The van der Waals surface area contributed by atoms with Crippen molar-refractivity contribution in [2.75, 3.05) is 52.4 Å². The lowest BCUT2D eigenvalue weighted by molar-refractivity contribution is -0.135. The van der Waals surface area contributed by atoms with Gasteiger partial charge in [0.2, 0.25) is 5.91 Å². The maximum Gasteiger partial charge on any atom is 0.236 e. The van der Waals surface area contributed by atoms with Gasteiger partial charge >= 0.3 is 0 Å². The molecule has 0 bridgehead atoms. The molecule has 2 aliphatic rings. The van der Waals surface area contributed by atoms with Gasteiger partial charge in [0.15, 0.2) is 0 Å². The van der Waals surface area contributed by atoms with E-state index < -0.39 is 0 Å². The summed E-state index contributed by atoms with van der Waals surface area (Å²) in [5.41, 5.74) is 0. The lowest BCUT2D eigenvalue weighted by Crippen LogP contribution is -2.52. The van der Waals surface area contributed by atoms with E-state index in [1.165, 1.54) is 19.3 Å². The number of rotatable bonds is 7.